The highest BCUT2D eigenvalue weighted by Crippen LogP contribution is 2.37. The Hall–Kier alpha value is -1.59. The fourth-order valence-electron chi connectivity index (χ4n) is 1.90. The fraction of sp³-hybridized carbons (Fsp3) is 0.417. The number of halogens is 4. The van der Waals surface area contributed by atoms with Crippen LogP contribution in [0.3, 0.4) is 0 Å². The van der Waals surface area contributed by atoms with Crippen LogP contribution in [0.15, 0.2) is 18.2 Å². The van der Waals surface area contributed by atoms with Gasteiger partial charge in [0.25, 0.3) is 0 Å². The molecule has 18 heavy (non-hydrogen) atoms. The first-order valence-electron chi connectivity index (χ1n) is 5.49. The van der Waals surface area contributed by atoms with Gasteiger partial charge in [0.1, 0.15) is 12.4 Å². The largest absolute Gasteiger partial charge is 0.405 e. The van der Waals surface area contributed by atoms with Gasteiger partial charge in [0.2, 0.25) is 0 Å². The molecule has 0 aromatic heterocycles. The van der Waals surface area contributed by atoms with E-state index in [0.717, 1.165) is 11.0 Å². The molecule has 1 aliphatic carbocycles. The van der Waals surface area contributed by atoms with E-state index < -0.39 is 18.5 Å². The van der Waals surface area contributed by atoms with E-state index in [-0.39, 0.29) is 17.3 Å². The summed E-state index contributed by atoms with van der Waals surface area (Å²) in [5, 5.41) is 0. The first-order chi connectivity index (χ1) is 8.42. The Morgan fingerprint density at radius 2 is 2.00 bits per heavy atom. The zero-order valence-corrected chi connectivity index (χ0v) is 9.38. The number of carbonyl (C=O) groups is 1. The van der Waals surface area contributed by atoms with E-state index in [1.54, 1.807) is 0 Å². The molecule has 0 radical (unpaired) electrons. The van der Waals surface area contributed by atoms with E-state index >= 15 is 0 Å². The number of carbonyl (C=O) groups excluding carboxylic acids is 1. The van der Waals surface area contributed by atoms with Gasteiger partial charge < -0.3 is 4.90 Å². The van der Waals surface area contributed by atoms with Gasteiger partial charge in [0.15, 0.2) is 6.29 Å². The second kappa shape index (κ2) is 4.59. The minimum Gasteiger partial charge on any atom is -0.357 e. The van der Waals surface area contributed by atoms with Crippen LogP contribution < -0.4 is 4.90 Å². The van der Waals surface area contributed by atoms with Crippen LogP contribution in [-0.4, -0.2) is 25.0 Å². The maximum Gasteiger partial charge on any atom is 0.405 e. The first-order valence-corrected chi connectivity index (χ1v) is 5.49. The normalized spacial score (nSPS) is 15.6. The molecule has 0 saturated heterocycles. The minimum atomic E-state index is -4.43. The van der Waals surface area contributed by atoms with Crippen molar-refractivity contribution in [2.45, 2.75) is 25.1 Å². The fourth-order valence-corrected chi connectivity index (χ4v) is 1.90. The molecule has 1 saturated carbocycles. The summed E-state index contributed by atoms with van der Waals surface area (Å²) < 4.78 is 51.2. The van der Waals surface area contributed by atoms with Gasteiger partial charge in [0.05, 0.1) is 5.69 Å². The monoisotopic (exact) mass is 261 g/mol. The van der Waals surface area contributed by atoms with Crippen LogP contribution in [0, 0.1) is 5.82 Å². The molecule has 0 bridgehead atoms. The predicted octanol–water partition coefficient (Wildman–Crippen LogP) is 3.17. The zero-order chi connectivity index (χ0) is 13.3. The number of rotatable bonds is 4. The summed E-state index contributed by atoms with van der Waals surface area (Å²) in [7, 11) is 0. The Labute approximate surface area is 101 Å². The molecular formula is C12H11F4NO. The molecule has 98 valence electrons. The highest BCUT2D eigenvalue weighted by Gasteiger charge is 2.39. The summed E-state index contributed by atoms with van der Waals surface area (Å²) >= 11 is 0. The summed E-state index contributed by atoms with van der Waals surface area (Å²) in [4.78, 5) is 11.8. The van der Waals surface area contributed by atoms with Crippen molar-refractivity contribution in [2.24, 2.45) is 0 Å². The molecular weight excluding hydrogens is 250 g/mol. The molecule has 2 rings (SSSR count). The highest BCUT2D eigenvalue weighted by atomic mass is 19.4. The minimum absolute atomic E-state index is 0.0499. The third-order valence-corrected chi connectivity index (χ3v) is 2.77. The first kappa shape index (κ1) is 12.9. The van der Waals surface area contributed by atoms with E-state index in [1.165, 1.54) is 12.1 Å². The second-order valence-electron chi connectivity index (χ2n) is 4.27. The lowest BCUT2D eigenvalue weighted by molar-refractivity contribution is -0.120. The third kappa shape index (κ3) is 2.80. The van der Waals surface area contributed by atoms with Gasteiger partial charge in [-0.3, -0.25) is 4.79 Å². The van der Waals surface area contributed by atoms with Crippen molar-refractivity contribution in [3.8, 4) is 0 Å². The topological polar surface area (TPSA) is 20.3 Å². The van der Waals surface area contributed by atoms with E-state index in [2.05, 4.69) is 0 Å². The molecule has 0 atom stereocenters. The molecule has 0 amide bonds. The van der Waals surface area contributed by atoms with Gasteiger partial charge in [-0.15, -0.1) is 0 Å². The molecule has 2 nitrogen and oxygen atoms in total. The van der Waals surface area contributed by atoms with Crippen LogP contribution in [0.4, 0.5) is 23.2 Å². The average Bonchev–Trinajstić information content (AvgIpc) is 3.08. The Morgan fingerprint density at radius 1 is 1.33 bits per heavy atom. The van der Waals surface area contributed by atoms with E-state index in [0.29, 0.717) is 19.1 Å². The number of para-hydroxylation sites is 1. The number of aldehydes is 1. The van der Waals surface area contributed by atoms with Gasteiger partial charge in [-0.1, -0.05) is 6.07 Å². The summed E-state index contributed by atoms with van der Waals surface area (Å²) in [6.45, 7) is -1.24. The van der Waals surface area contributed by atoms with Crippen LogP contribution >= 0.6 is 0 Å². The van der Waals surface area contributed by atoms with Crippen LogP contribution in [0.5, 0.6) is 0 Å². The summed E-state index contributed by atoms with van der Waals surface area (Å²) in [5.41, 5.74) is -0.293. The number of nitrogens with zero attached hydrogens (tertiary/aromatic N) is 1. The predicted molar refractivity (Wildman–Crippen MR) is 58.2 cm³/mol. The lowest BCUT2D eigenvalue weighted by atomic mass is 10.1. The molecule has 1 fully saturated rings. The van der Waals surface area contributed by atoms with Crippen molar-refractivity contribution in [3.63, 3.8) is 0 Å². The third-order valence-electron chi connectivity index (χ3n) is 2.77. The van der Waals surface area contributed by atoms with Crippen LogP contribution in [-0.2, 0) is 0 Å². The Kier molecular flexibility index (Phi) is 3.28. The number of hydrogen-bond acceptors (Lipinski definition) is 2. The zero-order valence-electron chi connectivity index (χ0n) is 9.38. The summed E-state index contributed by atoms with van der Waals surface area (Å²) in [6, 6.07) is 3.36. The number of alkyl halides is 3. The van der Waals surface area contributed by atoms with Crippen LogP contribution in [0.1, 0.15) is 23.2 Å². The van der Waals surface area contributed by atoms with Gasteiger partial charge in [-0.2, -0.15) is 13.2 Å². The van der Waals surface area contributed by atoms with Crippen LogP contribution in [0.25, 0.3) is 0 Å². The van der Waals surface area contributed by atoms with Crippen LogP contribution in [0.2, 0.25) is 0 Å². The number of hydrogen-bond donors (Lipinski definition) is 0. The van der Waals surface area contributed by atoms with Crippen molar-refractivity contribution < 1.29 is 22.4 Å². The smallest absolute Gasteiger partial charge is 0.357 e. The van der Waals surface area contributed by atoms with Crippen molar-refractivity contribution in [1.82, 2.24) is 0 Å². The van der Waals surface area contributed by atoms with Gasteiger partial charge in [-0.25, -0.2) is 4.39 Å². The Morgan fingerprint density at radius 3 is 2.50 bits per heavy atom. The molecule has 0 spiro atoms. The summed E-state index contributed by atoms with van der Waals surface area (Å²) in [5.74, 6) is -0.796. The highest BCUT2D eigenvalue weighted by molar-refractivity contribution is 5.85. The molecule has 6 heteroatoms. The van der Waals surface area contributed by atoms with Crippen molar-refractivity contribution in [1.29, 1.82) is 0 Å². The standard InChI is InChI=1S/C12H11F4NO/c13-10-3-1-2-8(6-18)11(10)17(9-4-5-9)7-12(14,15)16/h1-3,6,9H,4-5,7H2. The quantitative estimate of drug-likeness (QED) is 0.613. The number of anilines is 1. The van der Waals surface area contributed by atoms with Crippen molar-refractivity contribution in [2.75, 3.05) is 11.4 Å². The van der Waals surface area contributed by atoms with E-state index in [1.807, 2.05) is 0 Å². The van der Waals surface area contributed by atoms with Crippen molar-refractivity contribution >= 4 is 12.0 Å². The molecule has 0 unspecified atom stereocenters. The maximum atomic E-state index is 13.7. The maximum absolute atomic E-state index is 13.7. The van der Waals surface area contributed by atoms with E-state index in [9.17, 15) is 22.4 Å². The van der Waals surface area contributed by atoms with Gasteiger partial charge in [-0.05, 0) is 25.0 Å². The molecule has 1 aromatic carbocycles. The molecule has 1 aliphatic rings. The Bertz CT molecular complexity index is 454. The molecule has 1 aromatic rings. The van der Waals surface area contributed by atoms with Crippen molar-refractivity contribution in [3.05, 3.63) is 29.6 Å². The second-order valence-corrected chi connectivity index (χ2v) is 4.27. The molecule has 0 heterocycles. The van der Waals surface area contributed by atoms with Gasteiger partial charge in [0, 0.05) is 11.6 Å². The molecule has 0 N–H and O–H groups in total. The average molecular weight is 261 g/mol. The molecule has 0 aliphatic heterocycles. The van der Waals surface area contributed by atoms with Gasteiger partial charge >= 0.3 is 6.18 Å². The lowest BCUT2D eigenvalue weighted by Crippen LogP contribution is -2.37. The van der Waals surface area contributed by atoms with E-state index in [4.69, 9.17) is 0 Å². The lowest BCUT2D eigenvalue weighted by Gasteiger charge is -2.27. The number of benzene rings is 1. The Balaban J connectivity index is 2.39. The summed E-state index contributed by atoms with van der Waals surface area (Å²) in [6.07, 6.45) is -2.87. The SMILES string of the molecule is O=Cc1cccc(F)c1N(CC(F)(F)F)C1CC1.